The van der Waals surface area contributed by atoms with Crippen LogP contribution in [0.25, 0.3) is 0 Å². The van der Waals surface area contributed by atoms with Gasteiger partial charge in [-0.2, -0.15) is 0 Å². The van der Waals surface area contributed by atoms with Gasteiger partial charge in [0.05, 0.1) is 13.2 Å². The second-order valence-electron chi connectivity index (χ2n) is 3.04. The predicted octanol–water partition coefficient (Wildman–Crippen LogP) is 1.42. The standard InChI is InChI=1S/C11H14ClNO3/c12-5-6-15-7-8-16-10-3-1-9(2-4-10)11(13)14/h1-4H,5-8H2,(H2,13,14). The molecule has 1 aromatic carbocycles. The SMILES string of the molecule is NC(=O)c1ccc(OCCOCCCl)cc1. The van der Waals surface area contributed by atoms with Gasteiger partial charge in [0.25, 0.3) is 0 Å². The summed E-state index contributed by atoms with van der Waals surface area (Å²) in [5, 5.41) is 0. The lowest BCUT2D eigenvalue weighted by molar-refractivity contribution is 0.1000. The van der Waals surface area contributed by atoms with Crippen molar-refractivity contribution in [2.24, 2.45) is 5.73 Å². The second-order valence-corrected chi connectivity index (χ2v) is 3.42. The Labute approximate surface area is 99.3 Å². The first-order chi connectivity index (χ1) is 7.74. The van der Waals surface area contributed by atoms with Crippen molar-refractivity contribution in [1.29, 1.82) is 0 Å². The minimum Gasteiger partial charge on any atom is -0.491 e. The van der Waals surface area contributed by atoms with Gasteiger partial charge in [-0.1, -0.05) is 0 Å². The molecule has 1 rings (SSSR count). The number of ether oxygens (including phenoxy) is 2. The molecule has 88 valence electrons. The highest BCUT2D eigenvalue weighted by Crippen LogP contribution is 2.11. The predicted molar refractivity (Wildman–Crippen MR) is 62.0 cm³/mol. The fraction of sp³-hybridized carbons (Fsp3) is 0.364. The molecule has 5 heteroatoms. The zero-order chi connectivity index (χ0) is 11.8. The molecule has 0 aliphatic heterocycles. The molecule has 0 spiro atoms. The van der Waals surface area contributed by atoms with Crippen LogP contribution in [0, 0.1) is 0 Å². The Morgan fingerprint density at radius 2 is 1.88 bits per heavy atom. The number of carbonyl (C=O) groups is 1. The Hall–Kier alpha value is -1.26. The van der Waals surface area contributed by atoms with Crippen molar-refractivity contribution in [2.75, 3.05) is 25.7 Å². The van der Waals surface area contributed by atoms with Gasteiger partial charge in [0.15, 0.2) is 0 Å². The largest absolute Gasteiger partial charge is 0.491 e. The van der Waals surface area contributed by atoms with E-state index in [9.17, 15) is 4.79 Å². The average molecular weight is 244 g/mol. The van der Waals surface area contributed by atoms with Crippen LogP contribution in [0.15, 0.2) is 24.3 Å². The minimum absolute atomic E-state index is 0.447. The van der Waals surface area contributed by atoms with E-state index in [-0.39, 0.29) is 0 Å². The molecule has 16 heavy (non-hydrogen) atoms. The van der Waals surface area contributed by atoms with Crippen molar-refractivity contribution >= 4 is 17.5 Å². The molecule has 0 radical (unpaired) electrons. The number of carbonyl (C=O) groups excluding carboxylic acids is 1. The molecule has 0 fully saturated rings. The van der Waals surface area contributed by atoms with Crippen molar-refractivity contribution in [2.45, 2.75) is 0 Å². The zero-order valence-corrected chi connectivity index (χ0v) is 9.57. The van der Waals surface area contributed by atoms with Crippen LogP contribution >= 0.6 is 11.6 Å². The summed E-state index contributed by atoms with van der Waals surface area (Å²) in [6.07, 6.45) is 0. The van der Waals surface area contributed by atoms with E-state index < -0.39 is 5.91 Å². The number of halogens is 1. The number of amides is 1. The quantitative estimate of drug-likeness (QED) is 0.582. The molecule has 1 aromatic rings. The summed E-state index contributed by atoms with van der Waals surface area (Å²) in [5.74, 6) is 0.712. The number of hydrogen-bond donors (Lipinski definition) is 1. The van der Waals surface area contributed by atoms with E-state index in [0.717, 1.165) is 0 Å². The number of hydrogen-bond acceptors (Lipinski definition) is 3. The minimum atomic E-state index is -0.447. The normalized spacial score (nSPS) is 10.1. The van der Waals surface area contributed by atoms with Crippen LogP contribution in [0.1, 0.15) is 10.4 Å². The highest BCUT2D eigenvalue weighted by atomic mass is 35.5. The lowest BCUT2D eigenvalue weighted by atomic mass is 10.2. The molecular formula is C11H14ClNO3. The van der Waals surface area contributed by atoms with Gasteiger partial charge in [-0.05, 0) is 24.3 Å². The molecule has 0 bridgehead atoms. The van der Waals surface area contributed by atoms with Gasteiger partial charge >= 0.3 is 0 Å². The maximum atomic E-state index is 10.8. The summed E-state index contributed by atoms with van der Waals surface area (Å²) in [6.45, 7) is 1.46. The van der Waals surface area contributed by atoms with Gasteiger partial charge < -0.3 is 15.2 Å². The Bertz CT molecular complexity index is 327. The van der Waals surface area contributed by atoms with Gasteiger partial charge in [0.1, 0.15) is 12.4 Å². The molecule has 0 aliphatic rings. The van der Waals surface area contributed by atoms with Crippen molar-refractivity contribution in [3.8, 4) is 5.75 Å². The third-order valence-electron chi connectivity index (χ3n) is 1.86. The zero-order valence-electron chi connectivity index (χ0n) is 8.82. The summed E-state index contributed by atoms with van der Waals surface area (Å²) in [5.41, 5.74) is 5.57. The van der Waals surface area contributed by atoms with E-state index in [1.54, 1.807) is 24.3 Å². The van der Waals surface area contributed by atoms with E-state index in [0.29, 0.717) is 37.0 Å². The van der Waals surface area contributed by atoms with Gasteiger partial charge in [-0.25, -0.2) is 0 Å². The van der Waals surface area contributed by atoms with E-state index in [4.69, 9.17) is 26.8 Å². The molecular weight excluding hydrogens is 230 g/mol. The van der Waals surface area contributed by atoms with Crippen LogP contribution in [-0.4, -0.2) is 31.6 Å². The van der Waals surface area contributed by atoms with Crippen LogP contribution in [0.3, 0.4) is 0 Å². The summed E-state index contributed by atoms with van der Waals surface area (Å²) in [7, 11) is 0. The molecule has 0 aliphatic carbocycles. The third kappa shape index (κ3) is 4.51. The molecule has 4 nitrogen and oxygen atoms in total. The summed E-state index contributed by atoms with van der Waals surface area (Å²) < 4.78 is 10.5. The van der Waals surface area contributed by atoms with Crippen LogP contribution in [0.4, 0.5) is 0 Å². The van der Waals surface area contributed by atoms with Gasteiger partial charge in [-0.3, -0.25) is 4.79 Å². The van der Waals surface area contributed by atoms with Crippen molar-refractivity contribution in [1.82, 2.24) is 0 Å². The Kier molecular flexibility index (Phi) is 5.67. The van der Waals surface area contributed by atoms with Gasteiger partial charge in [0.2, 0.25) is 5.91 Å². The van der Waals surface area contributed by atoms with E-state index in [2.05, 4.69) is 0 Å². The monoisotopic (exact) mass is 243 g/mol. The molecule has 0 aromatic heterocycles. The Morgan fingerprint density at radius 1 is 1.19 bits per heavy atom. The lowest BCUT2D eigenvalue weighted by Gasteiger charge is -2.06. The fourth-order valence-electron chi connectivity index (χ4n) is 1.09. The van der Waals surface area contributed by atoms with E-state index >= 15 is 0 Å². The molecule has 0 atom stereocenters. The van der Waals surface area contributed by atoms with Crippen molar-refractivity contribution < 1.29 is 14.3 Å². The van der Waals surface area contributed by atoms with E-state index in [1.165, 1.54) is 0 Å². The van der Waals surface area contributed by atoms with Gasteiger partial charge in [-0.15, -0.1) is 11.6 Å². The summed E-state index contributed by atoms with van der Waals surface area (Å²) in [4.78, 5) is 10.8. The Morgan fingerprint density at radius 3 is 2.44 bits per heavy atom. The maximum Gasteiger partial charge on any atom is 0.248 e. The van der Waals surface area contributed by atoms with E-state index in [1.807, 2.05) is 0 Å². The first kappa shape index (κ1) is 12.8. The van der Waals surface area contributed by atoms with Crippen LogP contribution < -0.4 is 10.5 Å². The number of rotatable bonds is 7. The van der Waals surface area contributed by atoms with Crippen molar-refractivity contribution in [3.05, 3.63) is 29.8 Å². The first-order valence-electron chi connectivity index (χ1n) is 4.90. The molecule has 0 saturated heterocycles. The van der Waals surface area contributed by atoms with Crippen LogP contribution in [0.5, 0.6) is 5.75 Å². The topological polar surface area (TPSA) is 61.6 Å². The fourth-order valence-corrected chi connectivity index (χ4v) is 1.20. The number of alkyl halides is 1. The highest BCUT2D eigenvalue weighted by molar-refractivity contribution is 6.17. The number of primary amides is 1. The molecule has 2 N–H and O–H groups in total. The van der Waals surface area contributed by atoms with Gasteiger partial charge in [0, 0.05) is 11.4 Å². The first-order valence-corrected chi connectivity index (χ1v) is 5.44. The average Bonchev–Trinajstić information content (AvgIpc) is 2.29. The van der Waals surface area contributed by atoms with Crippen molar-refractivity contribution in [3.63, 3.8) is 0 Å². The molecule has 1 amide bonds. The maximum absolute atomic E-state index is 10.8. The summed E-state index contributed by atoms with van der Waals surface area (Å²) >= 11 is 5.43. The molecule has 0 heterocycles. The molecule has 0 saturated carbocycles. The smallest absolute Gasteiger partial charge is 0.248 e. The number of nitrogens with two attached hydrogens (primary N) is 1. The molecule has 0 unspecified atom stereocenters. The second kappa shape index (κ2) is 7.09. The third-order valence-corrected chi connectivity index (χ3v) is 2.01. The van der Waals surface area contributed by atoms with Crippen LogP contribution in [0.2, 0.25) is 0 Å². The lowest BCUT2D eigenvalue weighted by Crippen LogP contribution is -2.11. The summed E-state index contributed by atoms with van der Waals surface area (Å²) in [6, 6.07) is 6.64. The number of benzene rings is 1. The highest BCUT2D eigenvalue weighted by Gasteiger charge is 1.99. The Balaban J connectivity index is 2.29. The van der Waals surface area contributed by atoms with Crippen LogP contribution in [-0.2, 0) is 4.74 Å².